The Morgan fingerprint density at radius 2 is 2.00 bits per heavy atom. The van der Waals surface area contributed by atoms with E-state index in [1.54, 1.807) is 0 Å². The van der Waals surface area contributed by atoms with Crippen LogP contribution in [0.4, 0.5) is 4.79 Å². The molecule has 1 aromatic rings. The Morgan fingerprint density at radius 1 is 1.24 bits per heavy atom. The molecule has 2 atom stereocenters. The van der Waals surface area contributed by atoms with Crippen LogP contribution in [0.1, 0.15) is 5.56 Å². The zero-order chi connectivity index (χ0) is 15.1. The minimum absolute atomic E-state index is 0.0270. The van der Waals surface area contributed by atoms with Crippen molar-refractivity contribution < 1.29 is 28.9 Å². The van der Waals surface area contributed by atoms with Gasteiger partial charge in [-0.05, 0) is 5.56 Å². The van der Waals surface area contributed by atoms with E-state index in [2.05, 4.69) is 5.32 Å². The molecular weight excluding hydrogens is 278 g/mol. The van der Waals surface area contributed by atoms with Gasteiger partial charge < -0.3 is 24.6 Å². The number of hydrogen-bond acceptors (Lipinski definition) is 5. The van der Waals surface area contributed by atoms with Crippen molar-refractivity contribution in [3.05, 3.63) is 35.9 Å². The number of nitrogens with one attached hydrogen (secondary N) is 1. The first kappa shape index (κ1) is 15.3. The van der Waals surface area contributed by atoms with Crippen LogP contribution in [0.3, 0.4) is 0 Å². The number of ether oxygens (including phenoxy) is 3. The fraction of sp³-hybridized carbons (Fsp3) is 0.429. The predicted molar refractivity (Wildman–Crippen MR) is 71.7 cm³/mol. The molecule has 0 aliphatic carbocycles. The number of amides is 1. The van der Waals surface area contributed by atoms with E-state index in [1.165, 1.54) is 0 Å². The molecular formula is C14H17NO6. The number of rotatable bonds is 5. The van der Waals surface area contributed by atoms with Gasteiger partial charge in [-0.3, -0.25) is 0 Å². The molecule has 21 heavy (non-hydrogen) atoms. The number of aliphatic carboxylic acids is 1. The molecule has 114 valence electrons. The van der Waals surface area contributed by atoms with Crippen LogP contribution in [0.5, 0.6) is 0 Å². The Bertz CT molecular complexity index is 470. The smallest absolute Gasteiger partial charge is 0.407 e. The molecule has 1 amide bonds. The number of hydrogen-bond donors (Lipinski definition) is 2. The molecule has 2 N–H and O–H groups in total. The van der Waals surface area contributed by atoms with E-state index in [1.807, 2.05) is 30.3 Å². The molecule has 2 rings (SSSR count). The van der Waals surface area contributed by atoms with Gasteiger partial charge in [0.15, 0.2) is 6.10 Å². The van der Waals surface area contributed by atoms with Gasteiger partial charge >= 0.3 is 12.1 Å². The van der Waals surface area contributed by atoms with Crippen LogP contribution in [0.15, 0.2) is 30.3 Å². The second-order valence-electron chi connectivity index (χ2n) is 4.56. The summed E-state index contributed by atoms with van der Waals surface area (Å²) in [4.78, 5) is 22.2. The average Bonchev–Trinajstić information content (AvgIpc) is 2.52. The fourth-order valence-electron chi connectivity index (χ4n) is 1.77. The van der Waals surface area contributed by atoms with Gasteiger partial charge in [-0.2, -0.15) is 0 Å². The Balaban J connectivity index is 1.62. The lowest BCUT2D eigenvalue weighted by Gasteiger charge is -2.27. The monoisotopic (exact) mass is 295 g/mol. The number of carboxylic acid groups (broad SMARTS) is 1. The molecule has 1 fully saturated rings. The molecule has 1 aliphatic rings. The van der Waals surface area contributed by atoms with Crippen LogP contribution >= 0.6 is 0 Å². The molecule has 0 spiro atoms. The summed E-state index contributed by atoms with van der Waals surface area (Å²) < 4.78 is 15.4. The topological polar surface area (TPSA) is 94.1 Å². The third kappa shape index (κ3) is 5.05. The fourth-order valence-corrected chi connectivity index (χ4v) is 1.77. The van der Waals surface area contributed by atoms with Gasteiger partial charge in [-0.15, -0.1) is 0 Å². The second-order valence-corrected chi connectivity index (χ2v) is 4.56. The van der Waals surface area contributed by atoms with Crippen LogP contribution in [0, 0.1) is 0 Å². The van der Waals surface area contributed by atoms with Crippen molar-refractivity contribution >= 4 is 12.1 Å². The number of benzene rings is 1. The largest absolute Gasteiger partial charge is 0.479 e. The minimum Gasteiger partial charge on any atom is -0.479 e. The number of carbonyl (C=O) groups excluding carboxylic acids is 1. The lowest BCUT2D eigenvalue weighted by Crippen LogP contribution is -2.45. The highest BCUT2D eigenvalue weighted by Gasteiger charge is 2.27. The predicted octanol–water partition coefficient (Wildman–Crippen LogP) is 0.781. The van der Waals surface area contributed by atoms with E-state index in [-0.39, 0.29) is 32.5 Å². The van der Waals surface area contributed by atoms with Crippen molar-refractivity contribution in [2.24, 2.45) is 0 Å². The summed E-state index contributed by atoms with van der Waals surface area (Å²) in [5.74, 6) is -1.05. The van der Waals surface area contributed by atoms with Crippen LogP contribution in [0.25, 0.3) is 0 Å². The minimum atomic E-state index is -1.05. The Labute approximate surface area is 121 Å². The summed E-state index contributed by atoms with van der Waals surface area (Å²) in [5.41, 5.74) is 0.897. The first-order chi connectivity index (χ1) is 10.1. The van der Waals surface area contributed by atoms with E-state index in [0.717, 1.165) is 5.56 Å². The van der Waals surface area contributed by atoms with Gasteiger partial charge in [0.1, 0.15) is 6.61 Å². The first-order valence-corrected chi connectivity index (χ1v) is 6.55. The Kier molecular flexibility index (Phi) is 5.53. The third-order valence-corrected chi connectivity index (χ3v) is 2.93. The maximum absolute atomic E-state index is 11.5. The van der Waals surface area contributed by atoms with E-state index >= 15 is 0 Å². The lowest BCUT2D eigenvalue weighted by molar-refractivity contribution is -0.174. The summed E-state index contributed by atoms with van der Waals surface area (Å²) >= 11 is 0. The zero-order valence-electron chi connectivity index (χ0n) is 11.4. The van der Waals surface area contributed by atoms with Crippen molar-refractivity contribution in [2.45, 2.75) is 18.8 Å². The normalized spacial score (nSPS) is 21.5. The van der Waals surface area contributed by atoms with Gasteiger partial charge in [0.05, 0.1) is 19.3 Å². The number of carbonyl (C=O) groups is 2. The molecule has 1 heterocycles. The zero-order valence-corrected chi connectivity index (χ0v) is 11.4. The maximum Gasteiger partial charge on any atom is 0.407 e. The van der Waals surface area contributed by atoms with Gasteiger partial charge in [0.2, 0.25) is 0 Å². The van der Waals surface area contributed by atoms with Gasteiger partial charge in [0, 0.05) is 6.54 Å². The van der Waals surface area contributed by atoms with Crippen molar-refractivity contribution in [2.75, 3.05) is 19.8 Å². The molecule has 7 heteroatoms. The first-order valence-electron chi connectivity index (χ1n) is 6.55. The van der Waals surface area contributed by atoms with Gasteiger partial charge in [-0.25, -0.2) is 9.59 Å². The Morgan fingerprint density at radius 3 is 2.62 bits per heavy atom. The standard InChI is InChI=1S/C14H17NO6/c16-13(17)12-9-19-11(8-20-12)6-15-14(18)21-7-10-4-2-1-3-5-10/h1-5,11-12H,6-9H2,(H,15,18)(H,16,17)/t11-,12-/m0/s1. The molecule has 0 radical (unpaired) electrons. The van der Waals surface area contributed by atoms with Crippen LogP contribution < -0.4 is 5.32 Å². The van der Waals surface area contributed by atoms with E-state index in [4.69, 9.17) is 19.3 Å². The summed E-state index contributed by atoms with van der Waals surface area (Å²) in [5, 5.41) is 11.3. The highest BCUT2D eigenvalue weighted by Crippen LogP contribution is 2.07. The molecule has 1 aliphatic heterocycles. The van der Waals surface area contributed by atoms with Crippen molar-refractivity contribution in [3.8, 4) is 0 Å². The summed E-state index contributed by atoms with van der Waals surface area (Å²) in [6.07, 6.45) is -1.86. The van der Waals surface area contributed by atoms with Crippen LogP contribution in [-0.4, -0.2) is 49.1 Å². The highest BCUT2D eigenvalue weighted by molar-refractivity contribution is 5.72. The van der Waals surface area contributed by atoms with E-state index in [0.29, 0.717) is 0 Å². The molecule has 1 aromatic carbocycles. The number of carboxylic acids is 1. The van der Waals surface area contributed by atoms with Crippen LogP contribution in [-0.2, 0) is 25.6 Å². The summed E-state index contributed by atoms with van der Waals surface area (Å²) in [6.45, 7) is 0.492. The van der Waals surface area contributed by atoms with Crippen molar-refractivity contribution in [1.29, 1.82) is 0 Å². The highest BCUT2D eigenvalue weighted by atomic mass is 16.6. The third-order valence-electron chi connectivity index (χ3n) is 2.93. The number of alkyl carbamates (subject to hydrolysis) is 1. The molecule has 0 unspecified atom stereocenters. The van der Waals surface area contributed by atoms with Gasteiger partial charge in [0.25, 0.3) is 0 Å². The summed E-state index contributed by atoms with van der Waals surface area (Å²) in [7, 11) is 0. The SMILES string of the molecule is O=C(NC[C@H]1CO[C@H](C(=O)O)CO1)OCc1ccccc1. The molecule has 7 nitrogen and oxygen atoms in total. The van der Waals surface area contributed by atoms with E-state index in [9.17, 15) is 9.59 Å². The molecule has 0 bridgehead atoms. The second kappa shape index (κ2) is 7.61. The van der Waals surface area contributed by atoms with Crippen LogP contribution in [0.2, 0.25) is 0 Å². The molecule has 0 saturated carbocycles. The van der Waals surface area contributed by atoms with Gasteiger partial charge in [-0.1, -0.05) is 30.3 Å². The lowest BCUT2D eigenvalue weighted by atomic mass is 10.2. The molecule has 1 saturated heterocycles. The van der Waals surface area contributed by atoms with Crippen molar-refractivity contribution in [1.82, 2.24) is 5.32 Å². The van der Waals surface area contributed by atoms with E-state index < -0.39 is 18.2 Å². The molecule has 0 aromatic heterocycles. The Hall–Kier alpha value is -2.12. The maximum atomic E-state index is 11.5. The quantitative estimate of drug-likeness (QED) is 0.833. The van der Waals surface area contributed by atoms with Crippen molar-refractivity contribution in [3.63, 3.8) is 0 Å². The summed E-state index contributed by atoms with van der Waals surface area (Å²) in [6, 6.07) is 9.33. The average molecular weight is 295 g/mol.